The lowest BCUT2D eigenvalue weighted by Crippen LogP contribution is -2.39. The van der Waals surface area contributed by atoms with Crippen molar-refractivity contribution in [2.45, 2.75) is 32.7 Å². The van der Waals surface area contributed by atoms with Crippen LogP contribution < -0.4 is 5.73 Å². The molecular weight excluding hydrogens is 222 g/mol. The van der Waals surface area contributed by atoms with E-state index in [9.17, 15) is 0 Å². The molecule has 1 aliphatic heterocycles. The fourth-order valence-electron chi connectivity index (χ4n) is 2.86. The molecule has 0 aromatic carbocycles. The van der Waals surface area contributed by atoms with Gasteiger partial charge in [0.05, 0.1) is 0 Å². The average molecular weight is 247 g/mol. The topological polar surface area (TPSA) is 42.1 Å². The second kappa shape index (κ2) is 6.30. The van der Waals surface area contributed by atoms with Crippen molar-refractivity contribution in [3.63, 3.8) is 0 Å². The van der Waals surface area contributed by atoms with E-state index in [1.54, 1.807) is 0 Å². The Morgan fingerprint density at radius 3 is 2.67 bits per heavy atom. The Morgan fingerprint density at radius 1 is 1.39 bits per heavy atom. The molecular formula is C15H25N3. The van der Waals surface area contributed by atoms with Gasteiger partial charge in [0.1, 0.15) is 0 Å². The van der Waals surface area contributed by atoms with Crippen molar-refractivity contribution in [3.05, 3.63) is 30.1 Å². The van der Waals surface area contributed by atoms with Gasteiger partial charge in [0.15, 0.2) is 0 Å². The van der Waals surface area contributed by atoms with Crippen LogP contribution in [0.1, 0.15) is 38.3 Å². The number of hydrogen-bond acceptors (Lipinski definition) is 3. The molecule has 2 rings (SSSR count). The maximum Gasteiger partial charge on any atom is 0.0339 e. The minimum atomic E-state index is 0.153. The van der Waals surface area contributed by atoms with Crippen LogP contribution in [-0.4, -0.2) is 29.5 Å². The van der Waals surface area contributed by atoms with Crippen LogP contribution in [0, 0.1) is 11.8 Å². The Bertz CT molecular complexity index is 342. The van der Waals surface area contributed by atoms with Gasteiger partial charge >= 0.3 is 0 Å². The van der Waals surface area contributed by atoms with Gasteiger partial charge in [-0.3, -0.25) is 4.98 Å². The van der Waals surface area contributed by atoms with E-state index >= 15 is 0 Å². The largest absolute Gasteiger partial charge is 0.324 e. The van der Waals surface area contributed by atoms with E-state index in [0.29, 0.717) is 5.92 Å². The highest BCUT2D eigenvalue weighted by Gasteiger charge is 2.25. The van der Waals surface area contributed by atoms with E-state index in [1.165, 1.54) is 38.0 Å². The summed E-state index contributed by atoms with van der Waals surface area (Å²) in [6.45, 7) is 8.17. The summed E-state index contributed by atoms with van der Waals surface area (Å²) >= 11 is 0. The van der Waals surface area contributed by atoms with Crippen LogP contribution in [-0.2, 0) is 0 Å². The van der Waals surface area contributed by atoms with Gasteiger partial charge in [-0.25, -0.2) is 0 Å². The molecule has 2 N–H and O–H groups in total. The summed E-state index contributed by atoms with van der Waals surface area (Å²) in [5, 5.41) is 0. The van der Waals surface area contributed by atoms with Gasteiger partial charge in [-0.2, -0.15) is 0 Å². The molecule has 0 aliphatic carbocycles. The summed E-state index contributed by atoms with van der Waals surface area (Å²) in [6.07, 6.45) is 6.14. The Balaban J connectivity index is 1.86. The molecule has 1 fully saturated rings. The number of likely N-dealkylation sites (tertiary alicyclic amines) is 1. The fraction of sp³-hybridized carbons (Fsp3) is 0.667. The lowest BCUT2D eigenvalue weighted by Gasteiger charge is -2.35. The summed E-state index contributed by atoms with van der Waals surface area (Å²) in [7, 11) is 0. The third-order valence-electron chi connectivity index (χ3n) is 3.83. The van der Waals surface area contributed by atoms with E-state index < -0.39 is 0 Å². The summed E-state index contributed by atoms with van der Waals surface area (Å²) < 4.78 is 0. The van der Waals surface area contributed by atoms with Crippen molar-refractivity contribution >= 4 is 0 Å². The van der Waals surface area contributed by atoms with Crippen LogP contribution in [0.4, 0.5) is 0 Å². The smallest absolute Gasteiger partial charge is 0.0339 e. The Kier molecular flexibility index (Phi) is 4.72. The first-order chi connectivity index (χ1) is 8.66. The molecule has 0 amide bonds. The van der Waals surface area contributed by atoms with E-state index in [-0.39, 0.29) is 6.04 Å². The standard InChI is InChI=1S/C15H25N3/c1-12(2)11-18-8-5-13(6-9-18)15(16)14-4-3-7-17-10-14/h3-4,7,10,12-13,15H,5-6,8-9,11,16H2,1-2H3. The molecule has 0 bridgehead atoms. The second-order valence-corrected chi connectivity index (χ2v) is 5.84. The maximum atomic E-state index is 6.36. The highest BCUT2D eigenvalue weighted by molar-refractivity contribution is 5.14. The monoisotopic (exact) mass is 247 g/mol. The van der Waals surface area contributed by atoms with Gasteiger partial charge in [-0.15, -0.1) is 0 Å². The predicted molar refractivity (Wildman–Crippen MR) is 75.2 cm³/mol. The SMILES string of the molecule is CC(C)CN1CCC(C(N)c2cccnc2)CC1. The van der Waals surface area contributed by atoms with Crippen molar-refractivity contribution in [1.29, 1.82) is 0 Å². The highest BCUT2D eigenvalue weighted by atomic mass is 15.1. The highest BCUT2D eigenvalue weighted by Crippen LogP contribution is 2.28. The van der Waals surface area contributed by atoms with E-state index in [2.05, 4.69) is 29.8 Å². The molecule has 1 atom stereocenters. The Morgan fingerprint density at radius 2 is 2.11 bits per heavy atom. The predicted octanol–water partition coefficient (Wildman–Crippen LogP) is 2.45. The molecule has 1 aromatic heterocycles. The lowest BCUT2D eigenvalue weighted by atomic mass is 9.86. The van der Waals surface area contributed by atoms with Gasteiger partial charge in [-0.05, 0) is 49.4 Å². The zero-order chi connectivity index (χ0) is 13.0. The van der Waals surface area contributed by atoms with E-state index in [1.807, 2.05) is 18.5 Å². The molecule has 100 valence electrons. The van der Waals surface area contributed by atoms with Crippen molar-refractivity contribution in [2.24, 2.45) is 17.6 Å². The molecule has 1 aliphatic rings. The van der Waals surface area contributed by atoms with Gasteiger partial charge in [0.2, 0.25) is 0 Å². The molecule has 1 aromatic rings. The summed E-state index contributed by atoms with van der Waals surface area (Å²) in [5.41, 5.74) is 7.54. The number of nitrogens with zero attached hydrogens (tertiary/aromatic N) is 2. The van der Waals surface area contributed by atoms with E-state index in [4.69, 9.17) is 5.73 Å². The maximum absolute atomic E-state index is 6.36. The number of rotatable bonds is 4. The number of hydrogen-bond donors (Lipinski definition) is 1. The first-order valence-electron chi connectivity index (χ1n) is 7.04. The van der Waals surface area contributed by atoms with Crippen molar-refractivity contribution < 1.29 is 0 Å². The van der Waals surface area contributed by atoms with Crippen LogP contribution >= 0.6 is 0 Å². The van der Waals surface area contributed by atoms with Crippen LogP contribution in [0.5, 0.6) is 0 Å². The lowest BCUT2D eigenvalue weighted by molar-refractivity contribution is 0.155. The van der Waals surface area contributed by atoms with Crippen molar-refractivity contribution in [1.82, 2.24) is 9.88 Å². The molecule has 1 unspecified atom stereocenters. The van der Waals surface area contributed by atoms with Gasteiger partial charge in [-0.1, -0.05) is 19.9 Å². The molecule has 0 saturated carbocycles. The van der Waals surface area contributed by atoms with Crippen LogP contribution in [0.2, 0.25) is 0 Å². The second-order valence-electron chi connectivity index (χ2n) is 5.84. The van der Waals surface area contributed by atoms with Gasteiger partial charge < -0.3 is 10.6 Å². The normalized spacial score (nSPS) is 20.2. The number of nitrogens with two attached hydrogens (primary N) is 1. The summed E-state index contributed by atoms with van der Waals surface area (Å²) in [5.74, 6) is 1.37. The number of pyridine rings is 1. The zero-order valence-electron chi connectivity index (χ0n) is 11.5. The fourth-order valence-corrected chi connectivity index (χ4v) is 2.86. The van der Waals surface area contributed by atoms with Crippen LogP contribution in [0.3, 0.4) is 0 Å². The summed E-state index contributed by atoms with van der Waals surface area (Å²) in [6, 6.07) is 4.22. The van der Waals surface area contributed by atoms with Gasteiger partial charge in [0.25, 0.3) is 0 Å². The first kappa shape index (κ1) is 13.5. The molecule has 0 spiro atoms. The Hall–Kier alpha value is -0.930. The van der Waals surface area contributed by atoms with E-state index in [0.717, 1.165) is 5.92 Å². The third-order valence-corrected chi connectivity index (χ3v) is 3.83. The van der Waals surface area contributed by atoms with Gasteiger partial charge in [0, 0.05) is 25.0 Å². The molecule has 1 saturated heterocycles. The molecule has 0 radical (unpaired) electrons. The van der Waals surface area contributed by atoms with Crippen molar-refractivity contribution in [2.75, 3.05) is 19.6 Å². The molecule has 3 nitrogen and oxygen atoms in total. The quantitative estimate of drug-likeness (QED) is 0.888. The first-order valence-corrected chi connectivity index (χ1v) is 7.04. The third kappa shape index (κ3) is 3.53. The minimum Gasteiger partial charge on any atom is -0.324 e. The minimum absolute atomic E-state index is 0.153. The average Bonchev–Trinajstić information content (AvgIpc) is 2.39. The van der Waals surface area contributed by atoms with Crippen molar-refractivity contribution in [3.8, 4) is 0 Å². The summed E-state index contributed by atoms with van der Waals surface area (Å²) in [4.78, 5) is 6.73. The van der Waals surface area contributed by atoms with Crippen LogP contribution in [0.15, 0.2) is 24.5 Å². The van der Waals surface area contributed by atoms with Crippen LogP contribution in [0.25, 0.3) is 0 Å². The Labute approximate surface area is 110 Å². The molecule has 2 heterocycles. The number of piperidine rings is 1. The zero-order valence-corrected chi connectivity index (χ0v) is 11.5. The molecule has 3 heteroatoms. The molecule has 18 heavy (non-hydrogen) atoms. The number of aromatic nitrogens is 1.